The third-order valence-electron chi connectivity index (χ3n) is 7.66. The van der Waals surface area contributed by atoms with Gasteiger partial charge in [-0.25, -0.2) is 4.79 Å². The minimum absolute atomic E-state index is 0. The van der Waals surface area contributed by atoms with Crippen molar-refractivity contribution in [2.45, 2.75) is 52.7 Å². The number of carbonyl (C=O) groups excluding carboxylic acids is 2. The van der Waals surface area contributed by atoms with E-state index in [0.29, 0.717) is 29.2 Å². The van der Waals surface area contributed by atoms with Crippen LogP contribution in [0.4, 0.5) is 5.69 Å². The molecule has 1 aliphatic rings. The largest absolute Gasteiger partial charge is 0.478 e. The van der Waals surface area contributed by atoms with Crippen LogP contribution in [-0.2, 0) is 20.7 Å². The van der Waals surface area contributed by atoms with E-state index in [4.69, 9.17) is 21.4 Å². The molecule has 0 bridgehead atoms. The first-order valence-corrected chi connectivity index (χ1v) is 14.3. The van der Waals surface area contributed by atoms with Gasteiger partial charge < -0.3 is 25.2 Å². The predicted octanol–water partition coefficient (Wildman–Crippen LogP) is 5.24. The summed E-state index contributed by atoms with van der Waals surface area (Å²) >= 11 is 6.46. The molecule has 3 aromatic carbocycles. The van der Waals surface area contributed by atoms with Gasteiger partial charge in [0.1, 0.15) is 12.2 Å². The third kappa shape index (κ3) is 8.67. The van der Waals surface area contributed by atoms with Crippen molar-refractivity contribution < 1.29 is 73.4 Å². The molecule has 0 saturated heterocycles. The molecule has 1 aliphatic heterocycles. The van der Waals surface area contributed by atoms with Crippen LogP contribution in [0.25, 0.3) is 0 Å². The number of carbonyl (C=O) groups is 3. The van der Waals surface area contributed by atoms with Gasteiger partial charge in [0.25, 0.3) is 5.91 Å². The van der Waals surface area contributed by atoms with E-state index in [0.717, 1.165) is 22.3 Å². The molecule has 0 fully saturated rings. The normalized spacial score (nSPS) is 16.6. The number of aliphatic hydroxyl groups is 1. The first kappa shape index (κ1) is 35.2. The van der Waals surface area contributed by atoms with Gasteiger partial charge in [-0.05, 0) is 72.9 Å². The van der Waals surface area contributed by atoms with E-state index >= 15 is 0 Å². The maximum atomic E-state index is 14.1. The zero-order valence-corrected chi connectivity index (χ0v) is 30.4. The van der Waals surface area contributed by atoms with Crippen LogP contribution in [0.5, 0.6) is 0 Å². The van der Waals surface area contributed by atoms with E-state index in [9.17, 15) is 19.5 Å². The maximum Gasteiger partial charge on any atom is 0.335 e. The van der Waals surface area contributed by atoms with Crippen LogP contribution >= 0.6 is 11.6 Å². The van der Waals surface area contributed by atoms with Crippen molar-refractivity contribution in [3.8, 4) is 0 Å². The molecule has 2 amide bonds. The summed E-state index contributed by atoms with van der Waals surface area (Å²) in [6, 6.07) is 17.7. The molecule has 0 unspecified atom stereocenters. The molecule has 2 atom stereocenters. The fraction of sp³-hybridized carbons (Fsp3) is 0.364. The van der Waals surface area contributed by atoms with Crippen molar-refractivity contribution in [2.75, 3.05) is 24.6 Å². The molecule has 0 saturated carbocycles. The van der Waals surface area contributed by atoms with Crippen LogP contribution in [0.2, 0.25) is 5.02 Å². The molecule has 8 nitrogen and oxygen atoms in total. The van der Waals surface area contributed by atoms with Crippen LogP contribution < -0.4 is 10.2 Å². The molecule has 0 aromatic heterocycles. The number of ether oxygens (including phenoxy) is 1. The van der Waals surface area contributed by atoms with Crippen molar-refractivity contribution in [1.29, 1.82) is 0 Å². The average molecular weight is 820 g/mol. The van der Waals surface area contributed by atoms with Gasteiger partial charge in [-0.2, -0.15) is 0 Å². The number of aryl methyl sites for hydroxylation is 1. The van der Waals surface area contributed by atoms with Gasteiger partial charge in [-0.3, -0.25) is 9.59 Å². The van der Waals surface area contributed by atoms with Crippen molar-refractivity contribution >= 4 is 35.1 Å². The number of aliphatic hydroxyl groups excluding tert-OH is 1. The van der Waals surface area contributed by atoms with E-state index in [1.165, 1.54) is 12.1 Å². The fourth-order valence-corrected chi connectivity index (χ4v) is 5.23. The Morgan fingerprint density at radius 3 is 2.40 bits per heavy atom. The number of carboxylic acid groups (broad SMARTS) is 1. The number of aromatic carboxylic acids is 1. The third-order valence-corrected chi connectivity index (χ3v) is 7.89. The minimum atomic E-state index is -1.09. The number of benzene rings is 3. The van der Waals surface area contributed by atoms with Crippen LogP contribution in [-0.4, -0.2) is 53.8 Å². The van der Waals surface area contributed by atoms with Gasteiger partial charge in [0.2, 0.25) is 5.91 Å². The predicted molar refractivity (Wildman–Crippen MR) is 162 cm³/mol. The Kier molecular flexibility index (Phi) is 12.4. The summed E-state index contributed by atoms with van der Waals surface area (Å²) in [5.41, 5.74) is 4.76. The minimum Gasteiger partial charge on any atom is -0.478 e. The van der Waals surface area contributed by atoms with Crippen LogP contribution in [0.15, 0.2) is 60.7 Å². The average Bonchev–Trinajstić information content (AvgIpc) is 3.05. The van der Waals surface area contributed by atoms with E-state index in [1.807, 2.05) is 45.9 Å². The van der Waals surface area contributed by atoms with Crippen molar-refractivity contribution in [1.82, 2.24) is 5.32 Å². The Balaban J connectivity index is 0.00000506. The second-order valence-electron chi connectivity index (χ2n) is 11.5. The van der Waals surface area contributed by atoms with Crippen LogP contribution in [0.3, 0.4) is 0 Å². The summed E-state index contributed by atoms with van der Waals surface area (Å²) in [6.07, 6.45) is -1.45. The summed E-state index contributed by atoms with van der Waals surface area (Å²) in [4.78, 5) is 39.9. The van der Waals surface area contributed by atoms with Gasteiger partial charge >= 0.3 is 5.97 Å². The maximum absolute atomic E-state index is 14.1. The molecule has 225 valence electrons. The monoisotopic (exact) mass is 819 g/mol. The van der Waals surface area contributed by atoms with E-state index in [1.54, 1.807) is 35.2 Å². The SMILES string of the molecule is Cc1cccc([C@H]2O[C@H](CC(=O)NCCc3ccc(C(=O)O)cc3)C(=O)N(CC(C)(C)CO)c3ccc(Cl)cc32)c1C.[Ac]. The molecule has 1 radical (unpaired) electrons. The molecule has 0 aliphatic carbocycles. The Hall–Kier alpha value is -2.28. The van der Waals surface area contributed by atoms with Gasteiger partial charge in [0.05, 0.1) is 12.0 Å². The first-order chi connectivity index (χ1) is 19.9. The number of nitrogens with zero attached hydrogens (tertiary/aromatic N) is 1. The summed E-state index contributed by atoms with van der Waals surface area (Å²) in [7, 11) is 0. The first-order valence-electron chi connectivity index (χ1n) is 13.9. The Bertz CT molecular complexity index is 1480. The smallest absolute Gasteiger partial charge is 0.335 e. The van der Waals surface area contributed by atoms with E-state index < -0.39 is 23.6 Å². The Morgan fingerprint density at radius 1 is 1.05 bits per heavy atom. The molecule has 10 heteroatoms. The number of fused-ring (bicyclic) bond motifs is 1. The number of hydrogen-bond acceptors (Lipinski definition) is 5. The van der Waals surface area contributed by atoms with E-state index in [-0.39, 0.29) is 81.0 Å². The number of hydrogen-bond donors (Lipinski definition) is 3. The second-order valence-corrected chi connectivity index (χ2v) is 12.0. The number of anilines is 1. The standard InChI is InChI=1S/C33H37ClN2O6.Ac/c1-20-6-5-7-25(21(20)2)30-26-16-24(34)12-13-27(26)36(18-33(3,4)19-37)31(39)28(42-30)17-29(38)35-15-14-22-8-10-23(11-9-22)32(40)41;/h5-13,16,28,30,37H,14-15,17-19H2,1-4H3,(H,35,38)(H,40,41);/t28-,30-;/m1./s1. The van der Waals surface area contributed by atoms with Gasteiger partial charge in [-0.15, -0.1) is 0 Å². The zero-order valence-electron chi connectivity index (χ0n) is 24.9. The molecule has 3 N–H and O–H groups in total. The molecule has 43 heavy (non-hydrogen) atoms. The molecule has 4 rings (SSSR count). The summed E-state index contributed by atoms with van der Waals surface area (Å²) in [5, 5.41) is 22.5. The molecule has 1 heterocycles. The van der Waals surface area contributed by atoms with Crippen molar-refractivity contribution in [3.05, 3.63) is 99.1 Å². The summed E-state index contributed by atoms with van der Waals surface area (Å²) in [6.45, 7) is 8.13. The van der Waals surface area contributed by atoms with Crippen molar-refractivity contribution in [2.24, 2.45) is 5.41 Å². The molecule has 0 spiro atoms. The Morgan fingerprint density at radius 2 is 1.74 bits per heavy atom. The van der Waals surface area contributed by atoms with Crippen LogP contribution in [0, 0.1) is 63.3 Å². The van der Waals surface area contributed by atoms with E-state index in [2.05, 4.69) is 5.32 Å². The number of carboxylic acids is 1. The number of rotatable bonds is 10. The fourth-order valence-electron chi connectivity index (χ4n) is 5.05. The topological polar surface area (TPSA) is 116 Å². The van der Waals surface area contributed by atoms with Gasteiger partial charge in [0, 0.05) is 85.4 Å². The number of amides is 2. The zero-order chi connectivity index (χ0) is 30.6. The molecular weight excluding hydrogens is 783 g/mol. The molecule has 3 aromatic rings. The quantitative estimate of drug-likeness (QED) is 0.258. The summed E-state index contributed by atoms with van der Waals surface area (Å²) < 4.78 is 6.55. The summed E-state index contributed by atoms with van der Waals surface area (Å²) in [5.74, 6) is -1.71. The van der Waals surface area contributed by atoms with Crippen molar-refractivity contribution in [3.63, 3.8) is 0 Å². The van der Waals surface area contributed by atoms with Gasteiger partial charge in [0.15, 0.2) is 0 Å². The van der Waals surface area contributed by atoms with Gasteiger partial charge in [-0.1, -0.05) is 55.8 Å². The number of nitrogens with one attached hydrogen (secondary N) is 1. The second kappa shape index (κ2) is 15.1. The van der Waals surface area contributed by atoms with Crippen LogP contribution in [0.1, 0.15) is 64.5 Å². The number of halogens is 1. The Labute approximate surface area is 293 Å². The molecular formula is C33H37AcClN2O6.